The highest BCUT2D eigenvalue weighted by molar-refractivity contribution is 7.99. The summed E-state index contributed by atoms with van der Waals surface area (Å²) in [6, 6.07) is 16.0. The molecule has 1 N–H and O–H groups in total. The molecule has 1 aliphatic heterocycles. The Morgan fingerprint density at radius 2 is 1.75 bits per heavy atom. The predicted octanol–water partition coefficient (Wildman–Crippen LogP) is 2.60. The van der Waals surface area contributed by atoms with Crippen LogP contribution in [0, 0.1) is 5.82 Å². The number of thioether (sulfide) groups is 1. The lowest BCUT2D eigenvalue weighted by Gasteiger charge is -2.27. The molecule has 1 saturated heterocycles. The van der Waals surface area contributed by atoms with Gasteiger partial charge in [0.2, 0.25) is 5.91 Å². The summed E-state index contributed by atoms with van der Waals surface area (Å²) in [4.78, 5) is 14.4. The van der Waals surface area contributed by atoms with E-state index in [1.165, 1.54) is 17.8 Å². The second-order valence-corrected chi connectivity index (χ2v) is 7.32. The molecular weight excluding hydrogens is 377 g/mol. The summed E-state index contributed by atoms with van der Waals surface area (Å²) in [6.45, 7) is 3.05. The molecule has 0 atom stereocenters. The number of halogens is 1. The molecule has 0 unspecified atom stereocenters. The van der Waals surface area contributed by atoms with Crippen molar-refractivity contribution in [2.75, 3.05) is 31.9 Å². The molecule has 0 bridgehead atoms. The van der Waals surface area contributed by atoms with Crippen molar-refractivity contribution in [2.45, 2.75) is 5.16 Å². The Balaban J connectivity index is 1.64. The normalized spacial score (nSPS) is 14.2. The van der Waals surface area contributed by atoms with Crippen LogP contribution in [-0.4, -0.2) is 57.5 Å². The van der Waals surface area contributed by atoms with Crippen LogP contribution in [0.2, 0.25) is 0 Å². The summed E-state index contributed by atoms with van der Waals surface area (Å²) in [5.74, 6) is 0.394. The SMILES string of the molecule is O=C(CSc1nnc(-c2ccccc2F)n1-c1ccccc1)N1CCNCC1. The van der Waals surface area contributed by atoms with Gasteiger partial charge in [-0.3, -0.25) is 9.36 Å². The van der Waals surface area contributed by atoms with Crippen molar-refractivity contribution >= 4 is 17.7 Å². The molecule has 1 aromatic heterocycles. The first kappa shape index (κ1) is 18.6. The number of aromatic nitrogens is 3. The fourth-order valence-electron chi connectivity index (χ4n) is 3.12. The molecule has 0 saturated carbocycles. The fourth-order valence-corrected chi connectivity index (χ4v) is 3.98. The minimum Gasteiger partial charge on any atom is -0.339 e. The van der Waals surface area contributed by atoms with Gasteiger partial charge >= 0.3 is 0 Å². The lowest BCUT2D eigenvalue weighted by atomic mass is 10.2. The van der Waals surface area contributed by atoms with Gasteiger partial charge in [0.05, 0.1) is 11.3 Å². The van der Waals surface area contributed by atoms with Crippen molar-refractivity contribution in [3.05, 3.63) is 60.4 Å². The van der Waals surface area contributed by atoms with Crippen LogP contribution in [0.25, 0.3) is 17.1 Å². The second-order valence-electron chi connectivity index (χ2n) is 6.38. The number of rotatable bonds is 5. The van der Waals surface area contributed by atoms with Crippen LogP contribution in [0.4, 0.5) is 4.39 Å². The smallest absolute Gasteiger partial charge is 0.233 e. The molecule has 0 spiro atoms. The van der Waals surface area contributed by atoms with Gasteiger partial charge in [-0.1, -0.05) is 42.1 Å². The number of para-hydroxylation sites is 1. The van der Waals surface area contributed by atoms with Gasteiger partial charge in [0.25, 0.3) is 0 Å². The molecule has 6 nitrogen and oxygen atoms in total. The zero-order valence-electron chi connectivity index (χ0n) is 15.2. The molecule has 144 valence electrons. The standard InChI is InChI=1S/C20H20FN5OS/c21-17-9-5-4-8-16(17)19-23-24-20(26(19)15-6-2-1-3-7-15)28-14-18(27)25-12-10-22-11-13-25/h1-9,22H,10-14H2. The molecular formula is C20H20FN5OS. The molecule has 28 heavy (non-hydrogen) atoms. The predicted molar refractivity (Wildman–Crippen MR) is 107 cm³/mol. The first-order valence-corrected chi connectivity index (χ1v) is 10.1. The fraction of sp³-hybridized carbons (Fsp3) is 0.250. The highest BCUT2D eigenvalue weighted by Crippen LogP contribution is 2.29. The van der Waals surface area contributed by atoms with E-state index < -0.39 is 0 Å². The Morgan fingerprint density at radius 3 is 2.50 bits per heavy atom. The van der Waals surface area contributed by atoms with Crippen molar-refractivity contribution in [2.24, 2.45) is 0 Å². The van der Waals surface area contributed by atoms with Crippen LogP contribution in [0.5, 0.6) is 0 Å². The first-order chi connectivity index (χ1) is 13.7. The summed E-state index contributed by atoms with van der Waals surface area (Å²) in [6.07, 6.45) is 0. The van der Waals surface area contributed by atoms with Crippen molar-refractivity contribution in [3.8, 4) is 17.1 Å². The molecule has 2 heterocycles. The third kappa shape index (κ3) is 3.93. The third-order valence-corrected chi connectivity index (χ3v) is 5.47. The van der Waals surface area contributed by atoms with Gasteiger partial charge in [-0.2, -0.15) is 0 Å². The van der Waals surface area contributed by atoms with Crippen LogP contribution in [0.1, 0.15) is 0 Å². The lowest BCUT2D eigenvalue weighted by molar-refractivity contribution is -0.128. The van der Waals surface area contributed by atoms with Crippen molar-refractivity contribution in [3.63, 3.8) is 0 Å². The van der Waals surface area contributed by atoms with E-state index in [0.717, 1.165) is 18.8 Å². The van der Waals surface area contributed by atoms with Crippen molar-refractivity contribution < 1.29 is 9.18 Å². The number of amides is 1. The zero-order valence-corrected chi connectivity index (χ0v) is 16.0. The maximum atomic E-state index is 14.4. The molecule has 4 rings (SSSR count). The maximum absolute atomic E-state index is 14.4. The molecule has 0 aliphatic carbocycles. The van der Waals surface area contributed by atoms with E-state index in [0.29, 0.717) is 29.6 Å². The number of hydrogen-bond acceptors (Lipinski definition) is 5. The van der Waals surface area contributed by atoms with E-state index in [1.54, 1.807) is 22.8 Å². The van der Waals surface area contributed by atoms with Gasteiger partial charge in [-0.15, -0.1) is 10.2 Å². The van der Waals surface area contributed by atoms with E-state index >= 15 is 0 Å². The van der Waals surface area contributed by atoms with Gasteiger partial charge < -0.3 is 10.2 Å². The minimum atomic E-state index is -0.361. The molecule has 2 aromatic carbocycles. The highest BCUT2D eigenvalue weighted by Gasteiger charge is 2.21. The van der Waals surface area contributed by atoms with E-state index in [4.69, 9.17) is 0 Å². The number of hydrogen-bond donors (Lipinski definition) is 1. The first-order valence-electron chi connectivity index (χ1n) is 9.11. The summed E-state index contributed by atoms with van der Waals surface area (Å²) >= 11 is 1.32. The van der Waals surface area contributed by atoms with Gasteiger partial charge in [-0.25, -0.2) is 4.39 Å². The third-order valence-electron chi connectivity index (χ3n) is 4.56. The molecule has 8 heteroatoms. The average Bonchev–Trinajstić information content (AvgIpc) is 3.17. The van der Waals surface area contributed by atoms with Gasteiger partial charge in [-0.05, 0) is 24.3 Å². The summed E-state index contributed by atoms with van der Waals surface area (Å²) in [5.41, 5.74) is 1.20. The number of benzene rings is 2. The number of carbonyl (C=O) groups excluding carboxylic acids is 1. The van der Waals surface area contributed by atoms with Crippen LogP contribution in [0.15, 0.2) is 59.8 Å². The Hall–Kier alpha value is -2.71. The quantitative estimate of drug-likeness (QED) is 0.671. The number of nitrogens with zero attached hydrogens (tertiary/aromatic N) is 4. The number of nitrogens with one attached hydrogen (secondary N) is 1. The molecule has 0 radical (unpaired) electrons. The Labute approximate surface area is 166 Å². The zero-order chi connectivity index (χ0) is 19.3. The van der Waals surface area contributed by atoms with Gasteiger partial charge in [0.1, 0.15) is 5.82 Å². The molecule has 3 aromatic rings. The Bertz CT molecular complexity index is 956. The van der Waals surface area contributed by atoms with Crippen molar-refractivity contribution in [1.29, 1.82) is 0 Å². The van der Waals surface area contributed by atoms with Crippen molar-refractivity contribution in [1.82, 2.24) is 25.0 Å². The Kier molecular flexibility index (Phi) is 5.68. The van der Waals surface area contributed by atoms with E-state index in [2.05, 4.69) is 15.5 Å². The topological polar surface area (TPSA) is 63.1 Å². The highest BCUT2D eigenvalue weighted by atomic mass is 32.2. The number of piperazine rings is 1. The summed E-state index contributed by atoms with van der Waals surface area (Å²) in [5, 5.41) is 12.3. The monoisotopic (exact) mass is 397 g/mol. The molecule has 1 amide bonds. The molecule has 1 aliphatic rings. The van der Waals surface area contributed by atoms with E-state index in [-0.39, 0.29) is 17.5 Å². The summed E-state index contributed by atoms with van der Waals surface area (Å²) in [7, 11) is 0. The van der Waals surface area contributed by atoms with Crippen LogP contribution in [0.3, 0.4) is 0 Å². The number of carbonyl (C=O) groups is 1. The van der Waals surface area contributed by atoms with Crippen LogP contribution >= 0.6 is 11.8 Å². The second kappa shape index (κ2) is 8.53. The molecule has 1 fully saturated rings. The lowest BCUT2D eigenvalue weighted by Crippen LogP contribution is -2.47. The van der Waals surface area contributed by atoms with E-state index in [1.807, 2.05) is 35.2 Å². The van der Waals surface area contributed by atoms with Gasteiger partial charge in [0.15, 0.2) is 11.0 Å². The summed E-state index contributed by atoms with van der Waals surface area (Å²) < 4.78 is 16.2. The minimum absolute atomic E-state index is 0.0709. The average molecular weight is 397 g/mol. The van der Waals surface area contributed by atoms with Crippen LogP contribution < -0.4 is 5.32 Å². The maximum Gasteiger partial charge on any atom is 0.233 e. The van der Waals surface area contributed by atoms with Gasteiger partial charge in [0, 0.05) is 31.9 Å². The largest absolute Gasteiger partial charge is 0.339 e. The van der Waals surface area contributed by atoms with E-state index in [9.17, 15) is 9.18 Å². The van der Waals surface area contributed by atoms with Crippen LogP contribution in [-0.2, 0) is 4.79 Å². The Morgan fingerprint density at radius 1 is 1.04 bits per heavy atom.